The van der Waals surface area contributed by atoms with Crippen LogP contribution in [0.2, 0.25) is 0 Å². The summed E-state index contributed by atoms with van der Waals surface area (Å²) >= 11 is 1.11. The third kappa shape index (κ3) is 3.83. The maximum atomic E-state index is 11.9. The molecule has 1 amide bonds. The van der Waals surface area contributed by atoms with Crippen LogP contribution in [0.5, 0.6) is 5.75 Å². The third-order valence-corrected chi connectivity index (χ3v) is 3.96. The number of nitriles is 1. The monoisotopic (exact) mass is 315 g/mol. The summed E-state index contributed by atoms with van der Waals surface area (Å²) in [5.74, 6) is 0.638. The predicted octanol–water partition coefficient (Wildman–Crippen LogP) is 4.53. The van der Waals surface area contributed by atoms with Crippen molar-refractivity contribution in [2.75, 3.05) is 5.32 Å². The number of nitrogens with one attached hydrogen (secondary N) is 1. The number of aromatic nitrogens is 1. The number of carbonyl (C=O) groups is 1. The Morgan fingerprint density at radius 3 is 2.82 bits per heavy atom. The number of para-hydroxylation sites is 1. The van der Waals surface area contributed by atoms with Gasteiger partial charge in [-0.2, -0.15) is 9.64 Å². The lowest BCUT2D eigenvalue weighted by atomic mass is 9.99. The van der Waals surface area contributed by atoms with E-state index in [-0.39, 0.29) is 5.92 Å². The van der Waals surface area contributed by atoms with Crippen molar-refractivity contribution in [2.24, 2.45) is 0 Å². The van der Waals surface area contributed by atoms with E-state index in [0.29, 0.717) is 16.3 Å². The zero-order valence-electron chi connectivity index (χ0n) is 12.5. The Balaban J connectivity index is 2.10. The second-order valence-electron chi connectivity index (χ2n) is 4.90. The second-order valence-corrected chi connectivity index (χ2v) is 5.67. The molecule has 114 valence electrons. The number of carbonyl (C=O) groups excluding carboxylic acids is 1. The Labute approximate surface area is 133 Å². The minimum absolute atomic E-state index is 0.191. The molecule has 6 heteroatoms. The highest BCUT2D eigenvalue weighted by molar-refractivity contribution is 7.10. The molecule has 1 heterocycles. The molecule has 0 aliphatic heterocycles. The van der Waals surface area contributed by atoms with E-state index in [2.05, 4.69) is 22.7 Å². The van der Waals surface area contributed by atoms with E-state index < -0.39 is 6.09 Å². The fraction of sp³-hybridized carbons (Fsp3) is 0.312. The van der Waals surface area contributed by atoms with E-state index in [9.17, 15) is 10.1 Å². The molecule has 22 heavy (non-hydrogen) atoms. The highest BCUT2D eigenvalue weighted by atomic mass is 32.1. The summed E-state index contributed by atoms with van der Waals surface area (Å²) in [7, 11) is 0. The number of rotatable bonds is 5. The van der Waals surface area contributed by atoms with Crippen LogP contribution in [-0.4, -0.2) is 10.5 Å². The number of hydrogen-bond acceptors (Lipinski definition) is 5. The first-order valence-corrected chi connectivity index (χ1v) is 7.86. The summed E-state index contributed by atoms with van der Waals surface area (Å²) in [4.78, 5) is 11.9. The van der Waals surface area contributed by atoms with Crippen LogP contribution in [-0.2, 0) is 0 Å². The van der Waals surface area contributed by atoms with Gasteiger partial charge < -0.3 is 4.74 Å². The molecule has 1 unspecified atom stereocenters. The summed E-state index contributed by atoms with van der Waals surface area (Å²) in [5.41, 5.74) is 1.17. The van der Waals surface area contributed by atoms with E-state index in [4.69, 9.17) is 4.74 Å². The summed E-state index contributed by atoms with van der Waals surface area (Å²) < 4.78 is 9.47. The van der Waals surface area contributed by atoms with Crippen molar-refractivity contribution >= 4 is 22.6 Å². The summed E-state index contributed by atoms with van der Waals surface area (Å²) in [6, 6.07) is 10.9. The van der Waals surface area contributed by atoms with Crippen molar-refractivity contribution in [1.82, 2.24) is 4.37 Å². The molecule has 1 atom stereocenters. The normalized spacial score (nSPS) is 11.5. The summed E-state index contributed by atoms with van der Waals surface area (Å²) in [6.07, 6.45) is 1.34. The van der Waals surface area contributed by atoms with Crippen molar-refractivity contribution in [1.29, 1.82) is 5.26 Å². The van der Waals surface area contributed by atoms with Crippen LogP contribution in [0.15, 0.2) is 30.3 Å². The molecule has 0 aliphatic carbocycles. The van der Waals surface area contributed by atoms with Crippen molar-refractivity contribution in [3.05, 3.63) is 41.6 Å². The van der Waals surface area contributed by atoms with Crippen molar-refractivity contribution < 1.29 is 9.53 Å². The van der Waals surface area contributed by atoms with Gasteiger partial charge in [0.25, 0.3) is 0 Å². The number of nitrogens with zero attached hydrogens (tertiary/aromatic N) is 2. The van der Waals surface area contributed by atoms with Crippen LogP contribution in [0.25, 0.3) is 0 Å². The van der Waals surface area contributed by atoms with Gasteiger partial charge in [0.1, 0.15) is 22.4 Å². The van der Waals surface area contributed by atoms with Gasteiger partial charge in [-0.25, -0.2) is 4.79 Å². The average molecular weight is 315 g/mol. The fourth-order valence-corrected chi connectivity index (χ4v) is 2.95. The quantitative estimate of drug-likeness (QED) is 0.879. The van der Waals surface area contributed by atoms with Crippen LogP contribution in [0, 0.1) is 11.3 Å². The first-order valence-electron chi connectivity index (χ1n) is 7.09. The van der Waals surface area contributed by atoms with Gasteiger partial charge in [-0.1, -0.05) is 38.5 Å². The first-order chi connectivity index (χ1) is 10.7. The molecule has 1 aromatic heterocycles. The molecule has 0 fully saturated rings. The Hall–Kier alpha value is -2.39. The minimum Gasteiger partial charge on any atom is -0.410 e. The van der Waals surface area contributed by atoms with E-state index in [0.717, 1.165) is 30.1 Å². The zero-order chi connectivity index (χ0) is 15.9. The molecule has 0 aliphatic rings. The SMILES string of the molecule is CCCC(C)c1nsc(NC(=O)Oc2ccccc2)c1C#N. The van der Waals surface area contributed by atoms with Gasteiger partial charge in [-0.3, -0.25) is 5.32 Å². The Morgan fingerprint density at radius 2 is 2.18 bits per heavy atom. The van der Waals surface area contributed by atoms with Crippen LogP contribution >= 0.6 is 11.5 Å². The number of ether oxygens (including phenoxy) is 1. The molecule has 0 saturated heterocycles. The van der Waals surface area contributed by atoms with Gasteiger partial charge in [0.2, 0.25) is 0 Å². The molecule has 1 aromatic carbocycles. The molecule has 0 radical (unpaired) electrons. The standard InChI is InChI=1S/C16H17N3O2S/c1-3-7-11(2)14-13(10-17)15(22-19-14)18-16(20)21-12-8-5-4-6-9-12/h4-6,8-9,11H,3,7H2,1-2H3,(H,18,20). The smallest absolute Gasteiger partial charge is 0.410 e. The second kappa shape index (κ2) is 7.57. The molecule has 0 bridgehead atoms. The zero-order valence-corrected chi connectivity index (χ0v) is 13.3. The molecule has 0 saturated carbocycles. The number of anilines is 1. The Morgan fingerprint density at radius 1 is 1.45 bits per heavy atom. The van der Waals surface area contributed by atoms with Crippen LogP contribution in [0.1, 0.15) is 43.9 Å². The molecular weight excluding hydrogens is 298 g/mol. The highest BCUT2D eigenvalue weighted by Gasteiger charge is 2.20. The Kier molecular flexibility index (Phi) is 5.50. The largest absolute Gasteiger partial charge is 0.417 e. The molecule has 2 rings (SSSR count). The molecular formula is C16H17N3O2S. The molecule has 1 N–H and O–H groups in total. The lowest BCUT2D eigenvalue weighted by Crippen LogP contribution is -2.16. The molecule has 5 nitrogen and oxygen atoms in total. The fourth-order valence-electron chi connectivity index (χ4n) is 2.12. The van der Waals surface area contributed by atoms with Crippen LogP contribution in [0.4, 0.5) is 9.80 Å². The third-order valence-electron chi connectivity index (χ3n) is 3.19. The number of amides is 1. The lowest BCUT2D eigenvalue weighted by Gasteiger charge is -2.07. The maximum absolute atomic E-state index is 11.9. The van der Waals surface area contributed by atoms with Crippen LogP contribution < -0.4 is 10.1 Å². The van der Waals surface area contributed by atoms with E-state index in [1.807, 2.05) is 13.0 Å². The van der Waals surface area contributed by atoms with Gasteiger partial charge >= 0.3 is 6.09 Å². The van der Waals surface area contributed by atoms with E-state index >= 15 is 0 Å². The van der Waals surface area contributed by atoms with Crippen molar-refractivity contribution in [2.45, 2.75) is 32.6 Å². The van der Waals surface area contributed by atoms with E-state index in [1.165, 1.54) is 0 Å². The maximum Gasteiger partial charge on any atom is 0.417 e. The highest BCUT2D eigenvalue weighted by Crippen LogP contribution is 2.31. The summed E-state index contributed by atoms with van der Waals surface area (Å²) in [5, 5.41) is 12.4. The number of hydrogen-bond donors (Lipinski definition) is 1. The predicted molar refractivity (Wildman–Crippen MR) is 86.2 cm³/mol. The van der Waals surface area contributed by atoms with Crippen LogP contribution in [0.3, 0.4) is 0 Å². The first kappa shape index (κ1) is 16.0. The van der Waals surface area contributed by atoms with Gasteiger partial charge in [-0.05, 0) is 30.1 Å². The average Bonchev–Trinajstić information content (AvgIpc) is 2.91. The topological polar surface area (TPSA) is 75.0 Å². The number of benzene rings is 1. The molecule has 0 spiro atoms. The summed E-state index contributed by atoms with van der Waals surface area (Å²) in [6.45, 7) is 4.12. The molecule has 2 aromatic rings. The minimum atomic E-state index is -0.624. The van der Waals surface area contributed by atoms with Crippen molar-refractivity contribution in [3.8, 4) is 11.8 Å². The Bertz CT molecular complexity index is 676. The van der Waals surface area contributed by atoms with Crippen molar-refractivity contribution in [3.63, 3.8) is 0 Å². The van der Waals surface area contributed by atoms with Gasteiger partial charge in [0, 0.05) is 5.92 Å². The van der Waals surface area contributed by atoms with Gasteiger partial charge in [0.15, 0.2) is 0 Å². The van der Waals surface area contributed by atoms with Gasteiger partial charge in [-0.15, -0.1) is 0 Å². The van der Waals surface area contributed by atoms with Gasteiger partial charge in [0.05, 0.1) is 5.69 Å². The lowest BCUT2D eigenvalue weighted by molar-refractivity contribution is 0.215. The van der Waals surface area contributed by atoms with E-state index in [1.54, 1.807) is 24.3 Å².